The van der Waals surface area contributed by atoms with Gasteiger partial charge in [0.05, 0.1) is 18.1 Å². The highest BCUT2D eigenvalue weighted by molar-refractivity contribution is 7.91. The Morgan fingerprint density at radius 2 is 2.14 bits per heavy atom. The topological polar surface area (TPSA) is 65.1 Å². The minimum Gasteiger partial charge on any atom is -0.493 e. The number of hydrogen-bond acceptors (Lipinski definition) is 6. The second kappa shape index (κ2) is 6.34. The first-order valence-electron chi connectivity index (χ1n) is 7.47. The lowest BCUT2D eigenvalue weighted by atomic mass is 10.2. The smallest absolute Gasteiger partial charge is 0.231 e. The van der Waals surface area contributed by atoms with Crippen LogP contribution in [-0.4, -0.2) is 57.9 Å². The molecule has 1 fully saturated rings. The molecule has 0 amide bonds. The highest BCUT2D eigenvalue weighted by Crippen LogP contribution is 2.35. The summed E-state index contributed by atoms with van der Waals surface area (Å²) in [4.78, 5) is 2.12. The molecule has 6 nitrogen and oxygen atoms in total. The van der Waals surface area contributed by atoms with Gasteiger partial charge in [-0.1, -0.05) is 0 Å². The molecule has 0 bridgehead atoms. The van der Waals surface area contributed by atoms with Crippen molar-refractivity contribution < 1.29 is 22.6 Å². The fourth-order valence-electron chi connectivity index (χ4n) is 2.78. The van der Waals surface area contributed by atoms with Crippen LogP contribution in [0, 0.1) is 0 Å². The molecule has 2 heterocycles. The van der Waals surface area contributed by atoms with Crippen molar-refractivity contribution in [3.05, 3.63) is 18.2 Å². The van der Waals surface area contributed by atoms with Gasteiger partial charge in [-0.05, 0) is 32.0 Å². The van der Waals surface area contributed by atoms with Crippen LogP contribution in [0.4, 0.5) is 0 Å². The molecule has 0 N–H and O–H groups in total. The summed E-state index contributed by atoms with van der Waals surface area (Å²) in [6.45, 7) is 1.67. The van der Waals surface area contributed by atoms with Gasteiger partial charge in [0.1, 0.15) is 5.75 Å². The van der Waals surface area contributed by atoms with E-state index in [1.807, 2.05) is 25.2 Å². The number of fused-ring (bicyclic) bond motifs is 1. The Hall–Kier alpha value is -1.47. The van der Waals surface area contributed by atoms with E-state index in [2.05, 4.69) is 4.90 Å². The first kappa shape index (κ1) is 15.4. The van der Waals surface area contributed by atoms with Crippen LogP contribution in [0.15, 0.2) is 18.2 Å². The van der Waals surface area contributed by atoms with Crippen LogP contribution in [0.25, 0.3) is 0 Å². The molecule has 0 spiro atoms. The molecule has 1 aromatic rings. The fourth-order valence-corrected chi connectivity index (χ4v) is 4.58. The monoisotopic (exact) mass is 327 g/mol. The Bertz CT molecular complexity index is 631. The summed E-state index contributed by atoms with van der Waals surface area (Å²) in [5.41, 5.74) is 0. The van der Waals surface area contributed by atoms with Crippen LogP contribution in [0.3, 0.4) is 0 Å². The molecular weight excluding hydrogens is 306 g/mol. The van der Waals surface area contributed by atoms with Crippen molar-refractivity contribution in [2.75, 3.05) is 38.5 Å². The number of sulfone groups is 1. The molecule has 0 radical (unpaired) electrons. The molecule has 7 heteroatoms. The van der Waals surface area contributed by atoms with Crippen LogP contribution in [0.2, 0.25) is 0 Å². The SMILES string of the molecule is CN(CCCOc1ccc2c(c1)OCO2)C1CCS(=O)(=O)C1. The van der Waals surface area contributed by atoms with E-state index in [9.17, 15) is 8.42 Å². The molecule has 0 aromatic heterocycles. The van der Waals surface area contributed by atoms with E-state index in [4.69, 9.17) is 14.2 Å². The zero-order chi connectivity index (χ0) is 15.6. The third-order valence-electron chi connectivity index (χ3n) is 4.10. The third-order valence-corrected chi connectivity index (χ3v) is 5.85. The largest absolute Gasteiger partial charge is 0.493 e. The molecule has 0 saturated carbocycles. The number of rotatable bonds is 6. The van der Waals surface area contributed by atoms with Gasteiger partial charge in [0.25, 0.3) is 0 Å². The molecular formula is C15H21NO5S. The Kier molecular flexibility index (Phi) is 4.44. The molecule has 2 aliphatic heterocycles. The first-order valence-corrected chi connectivity index (χ1v) is 9.29. The van der Waals surface area contributed by atoms with Crippen molar-refractivity contribution in [2.45, 2.75) is 18.9 Å². The van der Waals surface area contributed by atoms with Gasteiger partial charge in [-0.3, -0.25) is 0 Å². The summed E-state index contributed by atoms with van der Waals surface area (Å²) in [5, 5.41) is 0. The summed E-state index contributed by atoms with van der Waals surface area (Å²) in [6, 6.07) is 5.68. The van der Waals surface area contributed by atoms with Crippen molar-refractivity contribution >= 4 is 9.84 Å². The van der Waals surface area contributed by atoms with Crippen molar-refractivity contribution in [3.63, 3.8) is 0 Å². The maximum absolute atomic E-state index is 11.5. The van der Waals surface area contributed by atoms with Gasteiger partial charge in [0.15, 0.2) is 21.3 Å². The lowest BCUT2D eigenvalue weighted by molar-refractivity contribution is 0.173. The van der Waals surface area contributed by atoms with Gasteiger partial charge in [-0.15, -0.1) is 0 Å². The number of ether oxygens (including phenoxy) is 3. The first-order chi connectivity index (χ1) is 10.5. The van der Waals surface area contributed by atoms with Gasteiger partial charge >= 0.3 is 0 Å². The van der Waals surface area contributed by atoms with Crippen molar-refractivity contribution in [1.82, 2.24) is 4.90 Å². The van der Waals surface area contributed by atoms with E-state index in [1.165, 1.54) is 0 Å². The Morgan fingerprint density at radius 3 is 2.91 bits per heavy atom. The molecule has 1 unspecified atom stereocenters. The number of benzene rings is 1. The van der Waals surface area contributed by atoms with Crippen LogP contribution < -0.4 is 14.2 Å². The Labute approximate surface area is 130 Å². The molecule has 122 valence electrons. The summed E-state index contributed by atoms with van der Waals surface area (Å²) >= 11 is 0. The minimum absolute atomic E-state index is 0.149. The van der Waals surface area contributed by atoms with Crippen LogP contribution in [-0.2, 0) is 9.84 Å². The Balaban J connectivity index is 1.40. The van der Waals surface area contributed by atoms with Gasteiger partial charge in [0.2, 0.25) is 6.79 Å². The highest BCUT2D eigenvalue weighted by Gasteiger charge is 2.30. The van der Waals surface area contributed by atoms with Crippen LogP contribution in [0.1, 0.15) is 12.8 Å². The lowest BCUT2D eigenvalue weighted by Gasteiger charge is -2.22. The zero-order valence-corrected chi connectivity index (χ0v) is 13.5. The minimum atomic E-state index is -2.82. The summed E-state index contributed by atoms with van der Waals surface area (Å²) in [7, 11) is -0.840. The summed E-state index contributed by atoms with van der Waals surface area (Å²) in [5.74, 6) is 2.82. The molecule has 1 saturated heterocycles. The van der Waals surface area contributed by atoms with Crippen LogP contribution in [0.5, 0.6) is 17.2 Å². The molecule has 3 rings (SSSR count). The average Bonchev–Trinajstić information content (AvgIpc) is 3.08. The molecule has 1 atom stereocenters. The second-order valence-corrected chi connectivity index (χ2v) is 7.98. The standard InChI is InChI=1S/C15H21NO5S/c1-16(12-5-8-22(17,18)10-12)6-2-7-19-13-3-4-14-15(9-13)21-11-20-14/h3-4,9,12H,2,5-8,10-11H2,1H3. The molecule has 2 aliphatic rings. The highest BCUT2D eigenvalue weighted by atomic mass is 32.2. The quantitative estimate of drug-likeness (QED) is 0.734. The molecule has 1 aromatic carbocycles. The third kappa shape index (κ3) is 3.64. The van der Waals surface area contributed by atoms with Gasteiger partial charge in [-0.25, -0.2) is 8.42 Å². The van der Waals surface area contributed by atoms with E-state index < -0.39 is 9.84 Å². The van der Waals surface area contributed by atoms with E-state index in [0.717, 1.165) is 30.9 Å². The molecule has 22 heavy (non-hydrogen) atoms. The summed E-state index contributed by atoms with van der Waals surface area (Å²) in [6.07, 6.45) is 1.59. The van der Waals surface area contributed by atoms with E-state index in [-0.39, 0.29) is 18.6 Å². The van der Waals surface area contributed by atoms with Crippen molar-refractivity contribution in [1.29, 1.82) is 0 Å². The van der Waals surface area contributed by atoms with Crippen molar-refractivity contribution in [3.8, 4) is 17.2 Å². The van der Waals surface area contributed by atoms with Crippen molar-refractivity contribution in [2.24, 2.45) is 0 Å². The Morgan fingerprint density at radius 1 is 1.32 bits per heavy atom. The number of nitrogens with zero attached hydrogens (tertiary/aromatic N) is 1. The zero-order valence-electron chi connectivity index (χ0n) is 12.7. The van der Waals surface area contributed by atoms with E-state index in [0.29, 0.717) is 18.1 Å². The second-order valence-electron chi connectivity index (χ2n) is 5.75. The van der Waals surface area contributed by atoms with Gasteiger partial charge in [-0.2, -0.15) is 0 Å². The fraction of sp³-hybridized carbons (Fsp3) is 0.600. The maximum Gasteiger partial charge on any atom is 0.231 e. The maximum atomic E-state index is 11.5. The lowest BCUT2D eigenvalue weighted by Crippen LogP contribution is -2.34. The number of hydrogen-bond donors (Lipinski definition) is 0. The normalized spacial score (nSPS) is 22.2. The predicted octanol–water partition coefficient (Wildman–Crippen LogP) is 1.30. The van der Waals surface area contributed by atoms with E-state index in [1.54, 1.807) is 0 Å². The summed E-state index contributed by atoms with van der Waals surface area (Å²) < 4.78 is 39.2. The van der Waals surface area contributed by atoms with Crippen LogP contribution >= 0.6 is 0 Å². The average molecular weight is 327 g/mol. The predicted molar refractivity (Wildman–Crippen MR) is 82.4 cm³/mol. The van der Waals surface area contributed by atoms with Gasteiger partial charge in [0, 0.05) is 18.7 Å². The van der Waals surface area contributed by atoms with Gasteiger partial charge < -0.3 is 19.1 Å². The van der Waals surface area contributed by atoms with E-state index >= 15 is 0 Å². The molecule has 0 aliphatic carbocycles.